The van der Waals surface area contributed by atoms with Crippen molar-refractivity contribution >= 4 is 17.5 Å². The fourth-order valence-corrected chi connectivity index (χ4v) is 2.35. The molecule has 1 unspecified atom stereocenters. The molecule has 1 fully saturated rings. The van der Waals surface area contributed by atoms with E-state index in [1.165, 1.54) is 5.01 Å². The van der Waals surface area contributed by atoms with Crippen LogP contribution >= 0.6 is 0 Å². The maximum atomic E-state index is 12.5. The summed E-state index contributed by atoms with van der Waals surface area (Å²) in [5.74, 6) is 1.46. The van der Waals surface area contributed by atoms with Crippen LogP contribution in [0.4, 0.5) is 0 Å². The van der Waals surface area contributed by atoms with Crippen LogP contribution in [0.5, 0.6) is 0 Å². The Balaban J connectivity index is 2.81. The molecule has 0 bridgehead atoms. The maximum absolute atomic E-state index is 12.5. The second kappa shape index (κ2) is 8.09. The number of unbranched alkanes of at least 4 members (excludes halogenated alkanes) is 1. The molecule has 1 aliphatic heterocycles. The van der Waals surface area contributed by atoms with Crippen LogP contribution in [-0.2, 0) is 14.4 Å². The number of amides is 1. The second-order valence-electron chi connectivity index (χ2n) is 6.32. The molecule has 122 valence electrons. The molecule has 0 aliphatic carbocycles. The van der Waals surface area contributed by atoms with Gasteiger partial charge in [-0.1, -0.05) is 20.8 Å². The molecule has 1 heterocycles. The predicted molar refractivity (Wildman–Crippen MR) is 84.6 cm³/mol. The van der Waals surface area contributed by atoms with E-state index in [0.29, 0.717) is 32.2 Å². The summed E-state index contributed by atoms with van der Waals surface area (Å²) < 4.78 is 0. The first-order valence-electron chi connectivity index (χ1n) is 7.92. The summed E-state index contributed by atoms with van der Waals surface area (Å²) in [7, 11) is 0. The molecular weight excluding hydrogens is 280 g/mol. The average Bonchev–Trinajstić information content (AvgIpc) is 2.53. The van der Waals surface area contributed by atoms with E-state index in [-0.39, 0.29) is 12.3 Å². The molecule has 1 atom stereocenters. The topological polar surface area (TPSA) is 66.5 Å². The molecule has 1 amide bonds. The van der Waals surface area contributed by atoms with Crippen LogP contribution in [0.3, 0.4) is 0 Å². The van der Waals surface area contributed by atoms with E-state index in [2.05, 4.69) is 11.3 Å². The highest BCUT2D eigenvalue weighted by atomic mass is 16.2. The lowest BCUT2D eigenvalue weighted by Gasteiger charge is -2.36. The molecule has 22 heavy (non-hydrogen) atoms. The van der Waals surface area contributed by atoms with Crippen LogP contribution in [0.15, 0.2) is 0 Å². The van der Waals surface area contributed by atoms with Crippen LogP contribution < -0.4 is 5.43 Å². The Hall–Kier alpha value is -1.67. The lowest BCUT2D eigenvalue weighted by Crippen LogP contribution is -2.58. The third-order valence-corrected chi connectivity index (χ3v) is 4.25. The standard InChI is InChI=1S/C17H26N2O3/c1-5-7-8-11-14(20)19-13(10-9-12-18-19)15(21)16(22)17(3,4)6-2/h1,13,18H,6-12H2,2-4H3. The molecular formula is C17H26N2O3. The summed E-state index contributed by atoms with van der Waals surface area (Å²) >= 11 is 0. The summed E-state index contributed by atoms with van der Waals surface area (Å²) in [4.78, 5) is 37.2. The normalized spacial score (nSPS) is 18.6. The maximum Gasteiger partial charge on any atom is 0.237 e. The second-order valence-corrected chi connectivity index (χ2v) is 6.32. The largest absolute Gasteiger partial charge is 0.290 e. The minimum atomic E-state index is -0.689. The number of nitrogens with one attached hydrogen (secondary N) is 1. The van der Waals surface area contributed by atoms with Crippen LogP contribution in [0, 0.1) is 17.8 Å². The highest BCUT2D eigenvalue weighted by Crippen LogP contribution is 2.24. The predicted octanol–water partition coefficient (Wildman–Crippen LogP) is 1.86. The number of rotatable bonds is 7. The van der Waals surface area contributed by atoms with E-state index in [0.717, 1.165) is 6.42 Å². The van der Waals surface area contributed by atoms with Crippen molar-refractivity contribution in [3.8, 4) is 12.3 Å². The number of terminal acetylenes is 1. The average molecular weight is 306 g/mol. The highest BCUT2D eigenvalue weighted by Gasteiger charge is 2.40. The minimum absolute atomic E-state index is 0.171. The van der Waals surface area contributed by atoms with Crippen molar-refractivity contribution in [1.82, 2.24) is 10.4 Å². The van der Waals surface area contributed by atoms with Crippen molar-refractivity contribution in [3.05, 3.63) is 0 Å². The van der Waals surface area contributed by atoms with E-state index >= 15 is 0 Å². The molecule has 1 N–H and O–H groups in total. The van der Waals surface area contributed by atoms with Gasteiger partial charge in [-0.15, -0.1) is 12.3 Å². The number of nitrogens with zero attached hydrogens (tertiary/aromatic N) is 1. The van der Waals surface area contributed by atoms with Gasteiger partial charge in [-0.05, 0) is 25.7 Å². The lowest BCUT2D eigenvalue weighted by atomic mass is 9.81. The molecule has 0 aromatic heterocycles. The fraction of sp³-hybridized carbons (Fsp3) is 0.706. The van der Waals surface area contributed by atoms with Gasteiger partial charge in [0.15, 0.2) is 0 Å². The van der Waals surface area contributed by atoms with Crippen molar-refractivity contribution < 1.29 is 14.4 Å². The first-order chi connectivity index (χ1) is 10.3. The third kappa shape index (κ3) is 4.41. The Bertz CT molecular complexity index is 477. The van der Waals surface area contributed by atoms with Crippen LogP contribution in [0.25, 0.3) is 0 Å². The molecule has 1 aliphatic rings. The monoisotopic (exact) mass is 306 g/mol. The van der Waals surface area contributed by atoms with Gasteiger partial charge < -0.3 is 0 Å². The molecule has 1 saturated heterocycles. The summed E-state index contributed by atoms with van der Waals surface area (Å²) in [5, 5.41) is 1.35. The minimum Gasteiger partial charge on any atom is -0.290 e. The zero-order valence-electron chi connectivity index (χ0n) is 13.8. The van der Waals surface area contributed by atoms with Crippen molar-refractivity contribution in [1.29, 1.82) is 0 Å². The zero-order valence-corrected chi connectivity index (χ0v) is 13.8. The van der Waals surface area contributed by atoms with E-state index in [9.17, 15) is 14.4 Å². The van der Waals surface area contributed by atoms with Gasteiger partial charge in [-0.25, -0.2) is 5.43 Å². The van der Waals surface area contributed by atoms with Crippen LogP contribution in [0.2, 0.25) is 0 Å². The number of carbonyl (C=O) groups is 3. The van der Waals surface area contributed by atoms with E-state index in [4.69, 9.17) is 6.42 Å². The SMILES string of the molecule is C#CCCCC(=O)N1NCCCC1C(=O)C(=O)C(C)(C)CC. The summed E-state index contributed by atoms with van der Waals surface area (Å²) in [6.07, 6.45) is 8.47. The summed E-state index contributed by atoms with van der Waals surface area (Å²) in [5.41, 5.74) is 2.27. The molecule has 5 heteroatoms. The van der Waals surface area contributed by atoms with Gasteiger partial charge in [0.05, 0.1) is 0 Å². The Kier molecular flexibility index (Phi) is 6.76. The van der Waals surface area contributed by atoms with Crippen molar-refractivity contribution in [3.63, 3.8) is 0 Å². The number of Topliss-reactive ketones (excluding diaryl/α,β-unsaturated/α-hetero) is 2. The molecule has 0 aromatic rings. The molecule has 0 saturated carbocycles. The Labute approximate surface area is 132 Å². The molecule has 0 aromatic carbocycles. The van der Waals surface area contributed by atoms with E-state index in [1.54, 1.807) is 13.8 Å². The van der Waals surface area contributed by atoms with Crippen molar-refractivity contribution in [2.45, 2.75) is 65.3 Å². The molecule has 0 spiro atoms. The Morgan fingerprint density at radius 2 is 2.05 bits per heavy atom. The highest BCUT2D eigenvalue weighted by molar-refractivity contribution is 6.41. The van der Waals surface area contributed by atoms with Gasteiger partial charge >= 0.3 is 0 Å². The van der Waals surface area contributed by atoms with Gasteiger partial charge in [0.2, 0.25) is 17.5 Å². The first-order valence-corrected chi connectivity index (χ1v) is 7.92. The summed E-state index contributed by atoms with van der Waals surface area (Å²) in [6.45, 7) is 6.05. The van der Waals surface area contributed by atoms with Gasteiger partial charge in [0, 0.05) is 24.8 Å². The fourth-order valence-electron chi connectivity index (χ4n) is 2.35. The zero-order chi connectivity index (χ0) is 16.8. The Morgan fingerprint density at radius 1 is 1.36 bits per heavy atom. The number of hydrazine groups is 1. The van der Waals surface area contributed by atoms with Crippen LogP contribution in [-0.4, -0.2) is 35.1 Å². The third-order valence-electron chi connectivity index (χ3n) is 4.25. The number of hydrogen-bond acceptors (Lipinski definition) is 4. The Morgan fingerprint density at radius 3 is 2.64 bits per heavy atom. The quantitative estimate of drug-likeness (QED) is 0.443. The molecule has 0 radical (unpaired) electrons. The van der Waals surface area contributed by atoms with Crippen molar-refractivity contribution in [2.24, 2.45) is 5.41 Å². The summed E-state index contributed by atoms with van der Waals surface area (Å²) in [6, 6.07) is -0.689. The van der Waals surface area contributed by atoms with E-state index in [1.807, 2.05) is 6.92 Å². The van der Waals surface area contributed by atoms with Gasteiger partial charge in [-0.2, -0.15) is 0 Å². The van der Waals surface area contributed by atoms with Gasteiger partial charge in [0.1, 0.15) is 6.04 Å². The molecule has 5 nitrogen and oxygen atoms in total. The number of ketones is 2. The van der Waals surface area contributed by atoms with Crippen molar-refractivity contribution in [2.75, 3.05) is 6.54 Å². The van der Waals surface area contributed by atoms with Crippen LogP contribution in [0.1, 0.15) is 59.3 Å². The number of hydrogen-bond donors (Lipinski definition) is 1. The van der Waals surface area contributed by atoms with E-state index < -0.39 is 23.0 Å². The van der Waals surface area contributed by atoms with Gasteiger partial charge in [-0.3, -0.25) is 19.4 Å². The van der Waals surface area contributed by atoms with Gasteiger partial charge in [0.25, 0.3) is 0 Å². The molecule has 1 rings (SSSR count). The smallest absolute Gasteiger partial charge is 0.237 e. The first kappa shape index (κ1) is 18.4. The number of carbonyl (C=O) groups excluding carboxylic acids is 3. The lowest BCUT2D eigenvalue weighted by molar-refractivity contribution is -0.152.